The van der Waals surface area contributed by atoms with Crippen LogP contribution in [0.5, 0.6) is 0 Å². The van der Waals surface area contributed by atoms with Crippen LogP contribution in [0.15, 0.2) is 0 Å². The van der Waals surface area contributed by atoms with Gasteiger partial charge in [-0.05, 0) is 80.4 Å². The van der Waals surface area contributed by atoms with E-state index >= 15 is 0 Å². The first-order chi connectivity index (χ1) is 11.8. The Morgan fingerprint density at radius 1 is 1.19 bits per heavy atom. The maximum atomic E-state index is 12.5. The summed E-state index contributed by atoms with van der Waals surface area (Å²) in [5.74, 6) is 0.642. The lowest BCUT2D eigenvalue weighted by Crippen LogP contribution is -2.54. The van der Waals surface area contributed by atoms with Crippen LogP contribution in [0.2, 0.25) is 0 Å². The van der Waals surface area contributed by atoms with Gasteiger partial charge in [0.2, 0.25) is 0 Å². The van der Waals surface area contributed by atoms with E-state index in [0.717, 1.165) is 25.7 Å². The third kappa shape index (κ3) is 1.84. The molecule has 4 rings (SSSR count). The highest BCUT2D eigenvalue weighted by Crippen LogP contribution is 2.65. The molecule has 21 heavy (non-hydrogen) atoms. The average Bonchev–Trinajstić information content (AvgIpc) is 2.81. The summed E-state index contributed by atoms with van der Waals surface area (Å²) < 4.78 is 41.7. The summed E-state index contributed by atoms with van der Waals surface area (Å²) in [4.78, 5) is 12.5. The highest BCUT2D eigenvalue weighted by atomic mass is 16.3. The van der Waals surface area contributed by atoms with Crippen molar-refractivity contribution in [1.29, 1.82) is 0 Å². The Bertz CT molecular complexity index is 648. The number of aliphatic hydroxyl groups is 1. The fourth-order valence-electron chi connectivity index (χ4n) is 6.21. The van der Waals surface area contributed by atoms with E-state index in [0.29, 0.717) is 30.5 Å². The number of ketones is 1. The number of hydrogen-bond donors (Lipinski definition) is 1. The number of carbonyl (C=O) groups is 1. The van der Waals surface area contributed by atoms with E-state index in [2.05, 4.69) is 6.92 Å². The van der Waals surface area contributed by atoms with Gasteiger partial charge in [0.15, 0.2) is 0 Å². The Kier molecular flexibility index (Phi) is 2.11. The molecule has 2 nitrogen and oxygen atoms in total. The van der Waals surface area contributed by atoms with Gasteiger partial charge in [-0.15, -0.1) is 0 Å². The molecule has 0 bridgehead atoms. The average molecular weight is 295 g/mol. The molecule has 0 heterocycles. The first-order valence-corrected chi connectivity index (χ1v) is 8.55. The lowest BCUT2D eigenvalue weighted by molar-refractivity contribution is -0.142. The predicted octanol–water partition coefficient (Wildman–Crippen LogP) is 3.96. The van der Waals surface area contributed by atoms with Gasteiger partial charge in [0.25, 0.3) is 0 Å². The van der Waals surface area contributed by atoms with E-state index in [4.69, 9.17) is 6.85 Å². The van der Waals surface area contributed by atoms with E-state index < -0.39 is 30.2 Å². The van der Waals surface area contributed by atoms with Crippen molar-refractivity contribution in [2.45, 2.75) is 77.6 Å². The minimum absolute atomic E-state index is 0.0166. The summed E-state index contributed by atoms with van der Waals surface area (Å²) in [5, 5.41) is 10.5. The van der Waals surface area contributed by atoms with Crippen molar-refractivity contribution in [2.75, 3.05) is 0 Å². The zero-order valence-corrected chi connectivity index (χ0v) is 13.1. The van der Waals surface area contributed by atoms with Crippen LogP contribution in [0.3, 0.4) is 0 Å². The maximum absolute atomic E-state index is 12.5. The second-order valence-electron chi connectivity index (χ2n) is 8.28. The van der Waals surface area contributed by atoms with Gasteiger partial charge >= 0.3 is 0 Å². The molecule has 118 valence electrons. The molecular formula is C19H30O2. The maximum Gasteiger partial charge on any atom is 0.139 e. The second-order valence-corrected chi connectivity index (χ2v) is 8.28. The molecule has 0 aromatic carbocycles. The summed E-state index contributed by atoms with van der Waals surface area (Å²) in [6.07, 6.45) is -2.77. The molecule has 0 aliphatic heterocycles. The lowest BCUT2D eigenvalue weighted by atomic mass is 9.45. The molecule has 0 saturated heterocycles. The van der Waals surface area contributed by atoms with Gasteiger partial charge in [-0.2, -0.15) is 0 Å². The number of Topliss-reactive ketones (excluding diaryl/α,β-unsaturated/α-hetero) is 1. The molecule has 1 N–H and O–H groups in total. The quantitative estimate of drug-likeness (QED) is 0.734. The molecule has 0 spiro atoms. The number of hydrogen-bond acceptors (Lipinski definition) is 2. The molecule has 0 radical (unpaired) electrons. The van der Waals surface area contributed by atoms with Gasteiger partial charge in [0.05, 0.1) is 7.45 Å². The predicted molar refractivity (Wildman–Crippen MR) is 82.7 cm³/mol. The van der Waals surface area contributed by atoms with Crippen molar-refractivity contribution < 1.29 is 16.8 Å². The van der Waals surface area contributed by atoms with Crippen molar-refractivity contribution in [3.63, 3.8) is 0 Å². The third-order valence-corrected chi connectivity index (χ3v) is 7.53. The Balaban J connectivity index is 1.75. The summed E-state index contributed by atoms with van der Waals surface area (Å²) in [7, 11) is 0. The normalized spacial score (nSPS) is 68.3. The molecule has 0 amide bonds. The van der Waals surface area contributed by atoms with Crippen molar-refractivity contribution in [3.05, 3.63) is 0 Å². The molecule has 4 aliphatic rings. The molecule has 7 atom stereocenters. The first-order valence-electron chi connectivity index (χ1n) is 11.0. The number of fused-ring (bicyclic) bond motifs is 5. The largest absolute Gasteiger partial charge is 0.393 e. The molecule has 0 aromatic heterocycles. The van der Waals surface area contributed by atoms with Gasteiger partial charge < -0.3 is 5.11 Å². The van der Waals surface area contributed by atoms with Crippen LogP contribution >= 0.6 is 0 Å². The Morgan fingerprint density at radius 3 is 2.81 bits per heavy atom. The second kappa shape index (κ2) is 4.57. The number of rotatable bonds is 0. The van der Waals surface area contributed by atoms with Crippen LogP contribution in [0.25, 0.3) is 0 Å². The van der Waals surface area contributed by atoms with Crippen LogP contribution in [-0.4, -0.2) is 17.0 Å². The highest BCUT2D eigenvalue weighted by molar-refractivity contribution is 5.87. The monoisotopic (exact) mass is 295 g/mol. The topological polar surface area (TPSA) is 37.3 Å². The van der Waals surface area contributed by atoms with Crippen LogP contribution in [0.1, 0.15) is 78.4 Å². The van der Waals surface area contributed by atoms with Crippen LogP contribution in [-0.2, 0) is 4.79 Å². The Hall–Kier alpha value is -0.370. The Labute approximate surface area is 135 Å². The molecule has 0 unspecified atom stereocenters. The lowest BCUT2D eigenvalue weighted by Gasteiger charge is -2.60. The molecule has 0 aromatic rings. The molecular weight excluding hydrogens is 260 g/mol. The third-order valence-electron chi connectivity index (χ3n) is 7.53. The number of carbonyl (C=O) groups excluding carboxylic acids is 1. The zero-order valence-electron chi connectivity index (χ0n) is 18.1. The van der Waals surface area contributed by atoms with Crippen molar-refractivity contribution in [2.24, 2.45) is 34.5 Å². The summed E-state index contributed by atoms with van der Waals surface area (Å²) in [6, 6.07) is 0. The van der Waals surface area contributed by atoms with Crippen molar-refractivity contribution in [3.8, 4) is 0 Å². The molecule has 4 aliphatic carbocycles. The summed E-state index contributed by atoms with van der Waals surface area (Å²) in [6.45, 7) is 4.08. The molecule has 2 heteroatoms. The Morgan fingerprint density at radius 2 is 2.00 bits per heavy atom. The van der Waals surface area contributed by atoms with E-state index in [1.807, 2.05) is 6.92 Å². The molecule has 4 fully saturated rings. The highest BCUT2D eigenvalue weighted by Gasteiger charge is 2.60. The summed E-state index contributed by atoms with van der Waals surface area (Å²) >= 11 is 0. The van der Waals surface area contributed by atoms with E-state index in [1.165, 1.54) is 0 Å². The van der Waals surface area contributed by atoms with Crippen LogP contribution in [0.4, 0.5) is 0 Å². The van der Waals surface area contributed by atoms with E-state index in [9.17, 15) is 9.90 Å². The van der Waals surface area contributed by atoms with Crippen molar-refractivity contribution >= 4 is 5.78 Å². The fraction of sp³-hybridized carbons (Fsp3) is 0.947. The smallest absolute Gasteiger partial charge is 0.139 e. The minimum Gasteiger partial charge on any atom is -0.393 e. The van der Waals surface area contributed by atoms with Crippen molar-refractivity contribution in [1.82, 2.24) is 0 Å². The SMILES string of the molecule is [2H]C1([2H])C[C@]2(C)[C@H]3CC[C@]4(C)C(=O)CC[C@H]4[C@@H]3CC[C@H]2C([2H])([2H])[C@]1([2H])O. The van der Waals surface area contributed by atoms with Gasteiger partial charge in [-0.1, -0.05) is 13.8 Å². The fourth-order valence-corrected chi connectivity index (χ4v) is 6.21. The van der Waals surface area contributed by atoms with Gasteiger partial charge in [-0.25, -0.2) is 0 Å². The standard InChI is InChI=1S/C19H30O2/c1-18-9-7-13(20)11-12(18)3-4-14-15-5-6-17(21)19(15,2)10-8-16(14)18/h12-16,20H,3-11H2,1-2H3/t12-,13+,14-,15-,16-,18-,19-/m0/s1/i7D2,11D2,13D. The minimum atomic E-state index is -2.73. The van der Waals surface area contributed by atoms with Gasteiger partial charge in [-0.3, -0.25) is 4.79 Å². The molecule has 4 saturated carbocycles. The summed E-state index contributed by atoms with van der Waals surface area (Å²) in [5.41, 5.74) is -0.844. The van der Waals surface area contributed by atoms with Gasteiger partial charge in [0.1, 0.15) is 5.78 Å². The van der Waals surface area contributed by atoms with E-state index in [-0.39, 0.29) is 17.8 Å². The van der Waals surface area contributed by atoms with E-state index in [1.54, 1.807) is 0 Å². The first kappa shape index (κ1) is 9.70. The zero-order chi connectivity index (χ0) is 19.3. The van der Waals surface area contributed by atoms with Gasteiger partial charge in [0, 0.05) is 17.3 Å². The van der Waals surface area contributed by atoms with Crippen LogP contribution < -0.4 is 0 Å². The van der Waals surface area contributed by atoms with Crippen LogP contribution in [0, 0.1) is 34.5 Å².